The number of thiophene rings is 1. The summed E-state index contributed by atoms with van der Waals surface area (Å²) in [6.07, 6.45) is 0.569. The maximum Gasteiger partial charge on any atom is 0.141 e. The zero-order chi connectivity index (χ0) is 15.5. The molecule has 114 valence electrons. The fourth-order valence-electron chi connectivity index (χ4n) is 2.55. The van der Waals surface area contributed by atoms with Crippen LogP contribution in [0.1, 0.15) is 23.7 Å². The molecule has 22 heavy (non-hydrogen) atoms. The topological polar surface area (TPSA) is 9.23 Å². The molecule has 0 aliphatic carbocycles. The zero-order valence-corrected chi connectivity index (χ0v) is 13.8. The molecular weight excluding hydrogens is 319 g/mol. The van der Waals surface area contributed by atoms with Crippen molar-refractivity contribution in [3.05, 3.63) is 64.8 Å². The Balaban J connectivity index is 2.00. The predicted octanol–water partition coefficient (Wildman–Crippen LogP) is 6.10. The Hall–Kier alpha value is -1.58. The Labute approximate surface area is 138 Å². The summed E-state index contributed by atoms with van der Waals surface area (Å²) in [6.45, 7) is 1.98. The minimum atomic E-state index is -0.200. The fraction of sp³-hybridized carbons (Fsp3) is 0.222. The van der Waals surface area contributed by atoms with E-state index in [0.29, 0.717) is 22.8 Å². The average molecular weight is 335 g/mol. The van der Waals surface area contributed by atoms with E-state index in [1.165, 1.54) is 17.4 Å². The van der Waals surface area contributed by atoms with E-state index in [2.05, 4.69) is 0 Å². The van der Waals surface area contributed by atoms with Crippen LogP contribution < -0.4 is 4.74 Å². The van der Waals surface area contributed by atoms with Crippen LogP contribution in [0.3, 0.4) is 0 Å². The highest BCUT2D eigenvalue weighted by Gasteiger charge is 2.17. The number of benzene rings is 2. The summed E-state index contributed by atoms with van der Waals surface area (Å²) < 4.78 is 20.8. The highest BCUT2D eigenvalue weighted by molar-refractivity contribution is 7.17. The van der Waals surface area contributed by atoms with Crippen molar-refractivity contribution in [3.8, 4) is 5.75 Å². The summed E-state index contributed by atoms with van der Waals surface area (Å²) in [5.74, 6) is 1.02. The van der Waals surface area contributed by atoms with Gasteiger partial charge in [-0.1, -0.05) is 30.3 Å². The van der Waals surface area contributed by atoms with Gasteiger partial charge in [-0.3, -0.25) is 0 Å². The van der Waals surface area contributed by atoms with Gasteiger partial charge in [-0.15, -0.1) is 22.9 Å². The molecule has 0 radical (unpaired) electrons. The molecule has 0 bridgehead atoms. The van der Waals surface area contributed by atoms with Crippen molar-refractivity contribution in [1.82, 2.24) is 0 Å². The number of alkyl halides is 1. The smallest absolute Gasteiger partial charge is 0.141 e. The van der Waals surface area contributed by atoms with Crippen molar-refractivity contribution in [3.63, 3.8) is 0 Å². The van der Waals surface area contributed by atoms with E-state index in [-0.39, 0.29) is 11.9 Å². The van der Waals surface area contributed by atoms with Crippen LogP contribution in [0.5, 0.6) is 5.75 Å². The van der Waals surface area contributed by atoms with Gasteiger partial charge in [0, 0.05) is 17.7 Å². The van der Waals surface area contributed by atoms with Gasteiger partial charge in [0.05, 0.1) is 4.70 Å². The van der Waals surface area contributed by atoms with E-state index < -0.39 is 0 Å². The van der Waals surface area contributed by atoms with E-state index in [1.54, 1.807) is 6.07 Å². The van der Waals surface area contributed by atoms with Gasteiger partial charge in [0.15, 0.2) is 0 Å². The Kier molecular flexibility index (Phi) is 4.65. The largest absolute Gasteiger partial charge is 0.485 e. The Morgan fingerprint density at radius 3 is 2.68 bits per heavy atom. The fourth-order valence-corrected chi connectivity index (χ4v) is 3.72. The summed E-state index contributed by atoms with van der Waals surface area (Å²) in [5.41, 5.74) is 2.11. The Morgan fingerprint density at radius 1 is 1.18 bits per heavy atom. The molecule has 1 nitrogen and oxygen atoms in total. The molecule has 0 saturated carbocycles. The molecule has 0 aliphatic heterocycles. The van der Waals surface area contributed by atoms with E-state index in [0.717, 1.165) is 16.5 Å². The van der Waals surface area contributed by atoms with Crippen molar-refractivity contribution in [2.75, 3.05) is 5.88 Å². The quantitative estimate of drug-likeness (QED) is 0.512. The molecule has 0 fully saturated rings. The van der Waals surface area contributed by atoms with Crippen molar-refractivity contribution in [2.45, 2.75) is 19.4 Å². The Morgan fingerprint density at radius 2 is 1.95 bits per heavy atom. The third-order valence-electron chi connectivity index (χ3n) is 3.63. The van der Waals surface area contributed by atoms with Crippen LogP contribution >= 0.6 is 22.9 Å². The number of aryl methyl sites for hydroxylation is 1. The van der Waals surface area contributed by atoms with Crippen molar-refractivity contribution < 1.29 is 9.13 Å². The van der Waals surface area contributed by atoms with Crippen molar-refractivity contribution in [2.24, 2.45) is 0 Å². The summed E-state index contributed by atoms with van der Waals surface area (Å²) in [6, 6.07) is 13.2. The van der Waals surface area contributed by atoms with Crippen LogP contribution in [0.2, 0.25) is 0 Å². The maximum absolute atomic E-state index is 13.9. The van der Waals surface area contributed by atoms with Gasteiger partial charge in [0.25, 0.3) is 0 Å². The van der Waals surface area contributed by atoms with E-state index in [1.807, 2.05) is 42.6 Å². The van der Waals surface area contributed by atoms with Gasteiger partial charge in [0.2, 0.25) is 0 Å². The predicted molar refractivity (Wildman–Crippen MR) is 91.7 cm³/mol. The molecule has 0 N–H and O–H groups in total. The van der Waals surface area contributed by atoms with Gasteiger partial charge >= 0.3 is 0 Å². The van der Waals surface area contributed by atoms with Gasteiger partial charge < -0.3 is 4.74 Å². The number of hydrogen-bond acceptors (Lipinski definition) is 2. The Bertz CT molecular complexity index is 769. The molecule has 0 aliphatic rings. The number of fused-ring (bicyclic) bond motifs is 1. The van der Waals surface area contributed by atoms with Crippen molar-refractivity contribution >= 4 is 33.0 Å². The van der Waals surface area contributed by atoms with Crippen LogP contribution in [-0.4, -0.2) is 5.88 Å². The molecule has 0 amide bonds. The average Bonchev–Trinajstić information content (AvgIpc) is 2.93. The molecular formula is C18H16ClFOS. The molecule has 1 aromatic heterocycles. The molecule has 0 unspecified atom stereocenters. The molecule has 3 rings (SSSR count). The van der Waals surface area contributed by atoms with Gasteiger partial charge in [-0.25, -0.2) is 4.39 Å². The normalized spacial score (nSPS) is 12.5. The van der Waals surface area contributed by atoms with Gasteiger partial charge in [-0.2, -0.15) is 0 Å². The molecule has 4 heteroatoms. The van der Waals surface area contributed by atoms with Crippen molar-refractivity contribution in [1.29, 1.82) is 0 Å². The lowest BCUT2D eigenvalue weighted by atomic mass is 10.1. The molecule has 3 aromatic rings. The van der Waals surface area contributed by atoms with Gasteiger partial charge in [0.1, 0.15) is 17.7 Å². The van der Waals surface area contributed by atoms with E-state index in [9.17, 15) is 4.39 Å². The van der Waals surface area contributed by atoms with Crippen LogP contribution in [0.15, 0.2) is 47.8 Å². The monoisotopic (exact) mass is 334 g/mol. The minimum Gasteiger partial charge on any atom is -0.485 e. The lowest BCUT2D eigenvalue weighted by Crippen LogP contribution is -2.08. The molecule has 1 atom stereocenters. The highest BCUT2D eigenvalue weighted by Crippen LogP contribution is 2.37. The number of ether oxygens (including phenoxy) is 1. The van der Waals surface area contributed by atoms with Crippen LogP contribution in [-0.2, 0) is 0 Å². The molecule has 0 saturated heterocycles. The van der Waals surface area contributed by atoms with Gasteiger partial charge in [-0.05, 0) is 35.6 Å². The highest BCUT2D eigenvalue weighted by atomic mass is 35.5. The lowest BCUT2D eigenvalue weighted by Gasteiger charge is -2.20. The van der Waals surface area contributed by atoms with E-state index >= 15 is 0 Å². The molecule has 2 aromatic carbocycles. The summed E-state index contributed by atoms with van der Waals surface area (Å²) >= 11 is 7.34. The van der Waals surface area contributed by atoms with Crippen LogP contribution in [0, 0.1) is 12.7 Å². The molecule has 1 heterocycles. The summed E-state index contributed by atoms with van der Waals surface area (Å²) in [5, 5.41) is 2.82. The standard InChI is InChI=1S/C18H16ClFOS/c1-12-11-22-18-14(20)7-8-16(17(12)18)21-15(9-10-19)13-5-3-2-4-6-13/h2-8,11,15H,9-10H2,1H3/t15-/m1/s1. The second-order valence-electron chi connectivity index (χ2n) is 5.16. The van der Waals surface area contributed by atoms with Crippen LogP contribution in [0.25, 0.3) is 10.1 Å². The minimum absolute atomic E-state index is 0.133. The maximum atomic E-state index is 13.9. The lowest BCUT2D eigenvalue weighted by molar-refractivity contribution is 0.205. The van der Waals surface area contributed by atoms with E-state index in [4.69, 9.17) is 16.3 Å². The first-order chi connectivity index (χ1) is 10.7. The number of halogens is 2. The first-order valence-electron chi connectivity index (χ1n) is 7.14. The SMILES string of the molecule is Cc1csc2c(F)ccc(O[C@H](CCCl)c3ccccc3)c12. The second-order valence-corrected chi connectivity index (χ2v) is 6.42. The molecule has 0 spiro atoms. The first-order valence-corrected chi connectivity index (χ1v) is 8.56. The van der Waals surface area contributed by atoms with Crippen LogP contribution in [0.4, 0.5) is 4.39 Å². The first kappa shape index (κ1) is 15.3. The third kappa shape index (κ3) is 2.96. The number of hydrogen-bond donors (Lipinski definition) is 0. The summed E-state index contributed by atoms with van der Waals surface area (Å²) in [7, 11) is 0. The zero-order valence-electron chi connectivity index (χ0n) is 12.2. The number of rotatable bonds is 5. The third-order valence-corrected chi connectivity index (χ3v) is 4.96. The summed E-state index contributed by atoms with van der Waals surface area (Å²) in [4.78, 5) is 0. The second kappa shape index (κ2) is 6.67.